The highest BCUT2D eigenvalue weighted by Crippen LogP contribution is 2.18. The molecule has 0 radical (unpaired) electrons. The van der Waals surface area contributed by atoms with E-state index in [-0.39, 0.29) is 22.6 Å². The molecular formula is C16H13ClFNO3. The number of amides is 1. The Morgan fingerprint density at radius 2 is 1.95 bits per heavy atom. The molecule has 0 bridgehead atoms. The van der Waals surface area contributed by atoms with E-state index in [0.29, 0.717) is 5.69 Å². The number of rotatable bonds is 4. The van der Waals surface area contributed by atoms with Crippen LogP contribution < -0.4 is 5.32 Å². The average Bonchev–Trinajstić information content (AvgIpc) is 2.50. The van der Waals surface area contributed by atoms with E-state index in [4.69, 9.17) is 11.6 Å². The van der Waals surface area contributed by atoms with Crippen molar-refractivity contribution in [3.8, 4) is 0 Å². The molecule has 0 aliphatic heterocycles. The van der Waals surface area contributed by atoms with Crippen molar-refractivity contribution in [3.63, 3.8) is 0 Å². The monoisotopic (exact) mass is 321 g/mol. The number of nitrogens with one attached hydrogen (secondary N) is 1. The van der Waals surface area contributed by atoms with E-state index in [1.165, 1.54) is 25.3 Å². The molecule has 2 aromatic rings. The third kappa shape index (κ3) is 3.83. The third-order valence-electron chi connectivity index (χ3n) is 2.97. The first kappa shape index (κ1) is 16.0. The third-order valence-corrected chi connectivity index (χ3v) is 3.21. The van der Waals surface area contributed by atoms with Crippen molar-refractivity contribution in [1.29, 1.82) is 0 Å². The molecule has 0 atom stereocenters. The number of carbonyl (C=O) groups is 2. The predicted molar refractivity (Wildman–Crippen MR) is 81.5 cm³/mol. The van der Waals surface area contributed by atoms with Gasteiger partial charge in [0.1, 0.15) is 5.82 Å². The Morgan fingerprint density at radius 3 is 2.64 bits per heavy atom. The summed E-state index contributed by atoms with van der Waals surface area (Å²) in [6, 6.07) is 10.5. The number of ether oxygens (including phenoxy) is 1. The van der Waals surface area contributed by atoms with Gasteiger partial charge in [0.25, 0.3) is 0 Å². The van der Waals surface area contributed by atoms with Crippen LogP contribution in [0.5, 0.6) is 0 Å². The van der Waals surface area contributed by atoms with Crippen molar-refractivity contribution >= 4 is 29.2 Å². The van der Waals surface area contributed by atoms with Crippen molar-refractivity contribution < 1.29 is 18.7 Å². The smallest absolute Gasteiger partial charge is 0.339 e. The number of hydrogen-bond donors (Lipinski definition) is 1. The minimum Gasteiger partial charge on any atom is -0.465 e. The lowest BCUT2D eigenvalue weighted by Crippen LogP contribution is -2.17. The standard InChI is InChI=1S/C16H13ClFNO3/c1-22-16(21)12-4-2-3-5-14(12)19-15(20)8-10-6-7-11(17)9-13(10)18/h2-7,9H,8H2,1H3,(H,19,20). The Labute approximate surface area is 131 Å². The molecule has 0 unspecified atom stereocenters. The summed E-state index contributed by atoms with van der Waals surface area (Å²) in [5.41, 5.74) is 0.765. The van der Waals surface area contributed by atoms with Crippen molar-refractivity contribution in [1.82, 2.24) is 0 Å². The Kier molecular flexibility index (Phi) is 5.12. The number of halogens is 2. The number of carbonyl (C=O) groups excluding carboxylic acids is 2. The minimum absolute atomic E-state index is 0.168. The Morgan fingerprint density at radius 1 is 1.23 bits per heavy atom. The van der Waals surface area contributed by atoms with E-state index in [1.54, 1.807) is 18.2 Å². The van der Waals surface area contributed by atoms with Crippen LogP contribution >= 0.6 is 11.6 Å². The quantitative estimate of drug-likeness (QED) is 0.878. The molecule has 22 heavy (non-hydrogen) atoms. The van der Waals surface area contributed by atoms with Gasteiger partial charge < -0.3 is 10.1 Å². The second-order valence-electron chi connectivity index (χ2n) is 4.50. The Balaban J connectivity index is 2.14. The molecule has 6 heteroatoms. The summed E-state index contributed by atoms with van der Waals surface area (Å²) in [5, 5.41) is 2.84. The number of benzene rings is 2. The van der Waals surface area contributed by atoms with Gasteiger partial charge >= 0.3 is 5.97 Å². The van der Waals surface area contributed by atoms with Gasteiger partial charge in [0, 0.05) is 5.02 Å². The van der Waals surface area contributed by atoms with Crippen LogP contribution in [0.25, 0.3) is 0 Å². The number of esters is 1. The lowest BCUT2D eigenvalue weighted by Gasteiger charge is -2.10. The zero-order chi connectivity index (χ0) is 16.1. The van der Waals surface area contributed by atoms with Gasteiger partial charge in [-0.3, -0.25) is 4.79 Å². The molecule has 4 nitrogen and oxygen atoms in total. The van der Waals surface area contributed by atoms with Gasteiger partial charge in [-0.05, 0) is 29.8 Å². The first-order valence-corrected chi connectivity index (χ1v) is 6.80. The molecule has 2 rings (SSSR count). The van der Waals surface area contributed by atoms with E-state index in [9.17, 15) is 14.0 Å². The molecule has 0 fully saturated rings. The molecule has 0 heterocycles. The molecule has 1 amide bonds. The number of hydrogen-bond acceptors (Lipinski definition) is 3. The molecule has 1 N–H and O–H groups in total. The number of anilines is 1. The van der Waals surface area contributed by atoms with Crippen LogP contribution in [0, 0.1) is 5.82 Å². The second kappa shape index (κ2) is 7.04. The summed E-state index contributed by atoms with van der Waals surface area (Å²) in [5.74, 6) is -1.56. The highest BCUT2D eigenvalue weighted by Gasteiger charge is 2.14. The number of para-hydroxylation sites is 1. The second-order valence-corrected chi connectivity index (χ2v) is 4.93. The van der Waals surface area contributed by atoms with Crippen LogP contribution in [0.4, 0.5) is 10.1 Å². The molecular weight excluding hydrogens is 309 g/mol. The van der Waals surface area contributed by atoms with Gasteiger partial charge in [-0.1, -0.05) is 29.8 Å². The van der Waals surface area contributed by atoms with Crippen LogP contribution in [0.1, 0.15) is 15.9 Å². The SMILES string of the molecule is COC(=O)c1ccccc1NC(=O)Cc1ccc(Cl)cc1F. The number of methoxy groups -OCH3 is 1. The van der Waals surface area contributed by atoms with Gasteiger partial charge in [0.15, 0.2) is 0 Å². The van der Waals surface area contributed by atoms with Crippen molar-refractivity contribution in [3.05, 3.63) is 64.4 Å². The van der Waals surface area contributed by atoms with Crippen LogP contribution in [-0.2, 0) is 16.0 Å². The fourth-order valence-corrected chi connectivity index (χ4v) is 2.07. The average molecular weight is 322 g/mol. The molecule has 0 saturated heterocycles. The molecule has 0 saturated carbocycles. The van der Waals surface area contributed by atoms with Crippen molar-refractivity contribution in [2.75, 3.05) is 12.4 Å². The summed E-state index contributed by atoms with van der Waals surface area (Å²) in [4.78, 5) is 23.6. The largest absolute Gasteiger partial charge is 0.465 e. The lowest BCUT2D eigenvalue weighted by molar-refractivity contribution is -0.115. The Bertz CT molecular complexity index is 718. The minimum atomic E-state index is -0.562. The van der Waals surface area contributed by atoms with Crippen LogP contribution in [0.2, 0.25) is 5.02 Å². The van der Waals surface area contributed by atoms with Gasteiger partial charge in [-0.25, -0.2) is 9.18 Å². The van der Waals surface area contributed by atoms with Crippen molar-refractivity contribution in [2.24, 2.45) is 0 Å². The van der Waals surface area contributed by atoms with Crippen LogP contribution in [0.3, 0.4) is 0 Å². The maximum absolute atomic E-state index is 13.7. The van der Waals surface area contributed by atoms with E-state index < -0.39 is 17.7 Å². The summed E-state index contributed by atoms with van der Waals surface area (Å²) >= 11 is 5.66. The molecule has 0 aliphatic carbocycles. The molecule has 0 aliphatic rings. The molecule has 0 aromatic heterocycles. The normalized spacial score (nSPS) is 10.1. The zero-order valence-corrected chi connectivity index (χ0v) is 12.5. The fourth-order valence-electron chi connectivity index (χ4n) is 1.91. The van der Waals surface area contributed by atoms with Gasteiger partial charge in [-0.15, -0.1) is 0 Å². The van der Waals surface area contributed by atoms with E-state index in [1.807, 2.05) is 0 Å². The summed E-state index contributed by atoms with van der Waals surface area (Å²) in [6.07, 6.45) is -0.168. The van der Waals surface area contributed by atoms with Gasteiger partial charge in [0.2, 0.25) is 5.91 Å². The first-order valence-electron chi connectivity index (χ1n) is 6.42. The predicted octanol–water partition coefficient (Wildman–Crippen LogP) is 3.45. The lowest BCUT2D eigenvalue weighted by atomic mass is 10.1. The van der Waals surface area contributed by atoms with E-state index in [0.717, 1.165) is 6.07 Å². The van der Waals surface area contributed by atoms with E-state index in [2.05, 4.69) is 10.1 Å². The molecule has 2 aromatic carbocycles. The highest BCUT2D eigenvalue weighted by atomic mass is 35.5. The van der Waals surface area contributed by atoms with Gasteiger partial charge in [-0.2, -0.15) is 0 Å². The fraction of sp³-hybridized carbons (Fsp3) is 0.125. The maximum atomic E-state index is 13.7. The molecule has 0 spiro atoms. The summed E-state index contributed by atoms with van der Waals surface area (Å²) in [7, 11) is 1.25. The van der Waals surface area contributed by atoms with Crippen molar-refractivity contribution in [2.45, 2.75) is 6.42 Å². The molecule has 114 valence electrons. The summed E-state index contributed by atoms with van der Waals surface area (Å²) in [6.45, 7) is 0. The first-order chi connectivity index (χ1) is 10.5. The zero-order valence-electron chi connectivity index (χ0n) is 11.7. The van der Waals surface area contributed by atoms with E-state index >= 15 is 0 Å². The highest BCUT2D eigenvalue weighted by molar-refractivity contribution is 6.30. The van der Waals surface area contributed by atoms with Gasteiger partial charge in [0.05, 0.1) is 24.8 Å². The maximum Gasteiger partial charge on any atom is 0.339 e. The topological polar surface area (TPSA) is 55.4 Å². The summed E-state index contributed by atoms with van der Waals surface area (Å²) < 4.78 is 18.3. The van der Waals surface area contributed by atoms with Crippen LogP contribution in [-0.4, -0.2) is 19.0 Å². The Hall–Kier alpha value is -2.40. The van der Waals surface area contributed by atoms with Crippen LogP contribution in [0.15, 0.2) is 42.5 Å².